The molecular formula is C27H24N4O2. The number of nitrogens with one attached hydrogen (secondary N) is 1. The highest BCUT2D eigenvalue weighted by atomic mass is 16.5. The molecule has 1 heterocycles. The van der Waals surface area contributed by atoms with Gasteiger partial charge >= 0.3 is 0 Å². The Labute approximate surface area is 192 Å². The molecule has 0 radical (unpaired) electrons. The maximum atomic E-state index is 12.4. The highest BCUT2D eigenvalue weighted by Crippen LogP contribution is 2.22. The Balaban J connectivity index is 1.51. The van der Waals surface area contributed by atoms with Crippen molar-refractivity contribution in [3.8, 4) is 11.8 Å². The van der Waals surface area contributed by atoms with Gasteiger partial charge in [-0.2, -0.15) is 10.4 Å². The van der Waals surface area contributed by atoms with Crippen LogP contribution in [0.4, 0.5) is 0 Å². The summed E-state index contributed by atoms with van der Waals surface area (Å²) in [7, 11) is 0. The smallest absolute Gasteiger partial charge is 0.271 e. The third kappa shape index (κ3) is 5.10. The number of aromatic nitrogens is 1. The van der Waals surface area contributed by atoms with Gasteiger partial charge in [0.25, 0.3) is 5.91 Å². The van der Waals surface area contributed by atoms with Crippen molar-refractivity contribution in [1.82, 2.24) is 9.99 Å². The number of rotatable bonds is 8. The summed E-state index contributed by atoms with van der Waals surface area (Å²) in [6, 6.07) is 24.8. The summed E-state index contributed by atoms with van der Waals surface area (Å²) in [5.74, 6) is 0.447. The number of carbonyl (C=O) groups excluding carboxylic acids is 1. The fraction of sp³-hybridized carbons (Fsp3) is 0.148. The average molecular weight is 437 g/mol. The summed E-state index contributed by atoms with van der Waals surface area (Å²) in [5, 5.41) is 14.6. The minimum atomic E-state index is -0.292. The van der Waals surface area contributed by atoms with E-state index >= 15 is 0 Å². The fourth-order valence-corrected chi connectivity index (χ4v) is 3.61. The van der Waals surface area contributed by atoms with Crippen LogP contribution in [0.25, 0.3) is 10.9 Å². The number of benzene rings is 3. The fourth-order valence-electron chi connectivity index (χ4n) is 3.61. The van der Waals surface area contributed by atoms with Gasteiger partial charge in [-0.3, -0.25) is 4.79 Å². The molecule has 1 amide bonds. The van der Waals surface area contributed by atoms with Gasteiger partial charge in [-0.15, -0.1) is 0 Å². The van der Waals surface area contributed by atoms with E-state index in [1.807, 2.05) is 61.7 Å². The molecule has 3 aromatic carbocycles. The lowest BCUT2D eigenvalue weighted by atomic mass is 10.1. The second-order valence-electron chi connectivity index (χ2n) is 7.57. The van der Waals surface area contributed by atoms with E-state index in [4.69, 9.17) is 4.74 Å². The summed E-state index contributed by atoms with van der Waals surface area (Å²) >= 11 is 0. The number of para-hydroxylation sites is 1. The number of hydrogen-bond acceptors (Lipinski definition) is 4. The first kappa shape index (κ1) is 21.8. The van der Waals surface area contributed by atoms with Crippen molar-refractivity contribution in [1.29, 1.82) is 5.26 Å². The second kappa shape index (κ2) is 10.3. The number of nitriles is 1. The summed E-state index contributed by atoms with van der Waals surface area (Å²) in [5.41, 5.74) is 6.61. The Morgan fingerprint density at radius 3 is 2.64 bits per heavy atom. The van der Waals surface area contributed by atoms with Crippen molar-refractivity contribution in [2.45, 2.75) is 19.9 Å². The average Bonchev–Trinajstić information content (AvgIpc) is 3.20. The Hall–Kier alpha value is -4.37. The third-order valence-electron chi connectivity index (χ3n) is 5.26. The standard InChI is InChI=1S/C27H24N4O2/c1-2-15-33-24-13-11-20(12-14-24)27(32)30-29-17-23-19-31(26-10-6-5-9-25(23)26)18-22-8-4-3-7-21(22)16-28/h3-14,17,19H,2,15,18H2,1H3,(H,30,32)/b29-17+. The molecule has 0 atom stereocenters. The molecule has 0 aliphatic heterocycles. The van der Waals surface area contributed by atoms with E-state index in [1.165, 1.54) is 0 Å². The molecule has 6 nitrogen and oxygen atoms in total. The van der Waals surface area contributed by atoms with Gasteiger partial charge in [0.1, 0.15) is 5.75 Å². The number of nitrogens with zero attached hydrogens (tertiary/aromatic N) is 3. The van der Waals surface area contributed by atoms with Crippen molar-refractivity contribution >= 4 is 23.0 Å². The molecule has 164 valence electrons. The van der Waals surface area contributed by atoms with Crippen LogP contribution in [0.15, 0.2) is 84.1 Å². The second-order valence-corrected chi connectivity index (χ2v) is 7.57. The maximum Gasteiger partial charge on any atom is 0.271 e. The van der Waals surface area contributed by atoms with Gasteiger partial charge in [0.2, 0.25) is 0 Å². The molecule has 4 rings (SSSR count). The predicted molar refractivity (Wildman–Crippen MR) is 129 cm³/mol. The molecule has 33 heavy (non-hydrogen) atoms. The van der Waals surface area contributed by atoms with E-state index in [9.17, 15) is 10.1 Å². The Bertz CT molecular complexity index is 1330. The van der Waals surface area contributed by atoms with Crippen LogP contribution in [0.1, 0.15) is 40.4 Å². The van der Waals surface area contributed by atoms with E-state index in [1.54, 1.807) is 30.5 Å². The van der Waals surface area contributed by atoms with Crippen LogP contribution >= 0.6 is 0 Å². The quantitative estimate of drug-likeness (QED) is 0.308. The Morgan fingerprint density at radius 2 is 1.85 bits per heavy atom. The van der Waals surface area contributed by atoms with Crippen molar-refractivity contribution in [2.75, 3.05) is 6.61 Å². The van der Waals surface area contributed by atoms with Gasteiger partial charge in [-0.1, -0.05) is 43.3 Å². The minimum absolute atomic E-state index is 0.292. The molecule has 0 spiro atoms. The van der Waals surface area contributed by atoms with Crippen molar-refractivity contribution < 1.29 is 9.53 Å². The summed E-state index contributed by atoms with van der Waals surface area (Å²) in [4.78, 5) is 12.4. The van der Waals surface area contributed by atoms with Gasteiger partial charge < -0.3 is 9.30 Å². The van der Waals surface area contributed by atoms with Crippen molar-refractivity contribution in [3.05, 3.63) is 101 Å². The van der Waals surface area contributed by atoms with Crippen LogP contribution in [0.5, 0.6) is 5.75 Å². The number of hydrogen-bond donors (Lipinski definition) is 1. The Kier molecular flexibility index (Phi) is 6.81. The summed E-state index contributed by atoms with van der Waals surface area (Å²) < 4.78 is 7.63. The van der Waals surface area contributed by atoms with Crippen LogP contribution < -0.4 is 10.2 Å². The highest BCUT2D eigenvalue weighted by molar-refractivity contribution is 6.00. The molecule has 6 heteroatoms. The summed E-state index contributed by atoms with van der Waals surface area (Å²) in [6.45, 7) is 3.25. The first-order valence-electron chi connectivity index (χ1n) is 10.8. The molecule has 0 saturated heterocycles. The molecular weight excluding hydrogens is 412 g/mol. The Morgan fingerprint density at radius 1 is 1.09 bits per heavy atom. The minimum Gasteiger partial charge on any atom is -0.494 e. The van der Waals surface area contributed by atoms with E-state index in [0.29, 0.717) is 24.3 Å². The SMILES string of the molecule is CCCOc1ccc(C(=O)N/N=C/c2cn(Cc3ccccc3C#N)c3ccccc23)cc1. The molecule has 0 aliphatic carbocycles. The van der Waals surface area contributed by atoms with Gasteiger partial charge in [0.15, 0.2) is 0 Å². The van der Waals surface area contributed by atoms with Crippen LogP contribution in [0.2, 0.25) is 0 Å². The molecule has 1 aromatic heterocycles. The lowest BCUT2D eigenvalue weighted by Gasteiger charge is -2.07. The first-order chi connectivity index (χ1) is 16.2. The number of carbonyl (C=O) groups is 1. The van der Waals surface area contributed by atoms with E-state index in [-0.39, 0.29) is 5.91 Å². The zero-order chi connectivity index (χ0) is 23.0. The monoisotopic (exact) mass is 436 g/mol. The third-order valence-corrected chi connectivity index (χ3v) is 5.26. The maximum absolute atomic E-state index is 12.4. The van der Waals surface area contributed by atoms with Gasteiger partial charge in [-0.25, -0.2) is 5.43 Å². The molecule has 1 N–H and O–H groups in total. The number of fused-ring (bicyclic) bond motifs is 1. The van der Waals surface area contributed by atoms with Crippen LogP contribution in [-0.4, -0.2) is 23.3 Å². The van der Waals surface area contributed by atoms with Crippen LogP contribution in [0, 0.1) is 11.3 Å². The largest absolute Gasteiger partial charge is 0.494 e. The lowest BCUT2D eigenvalue weighted by molar-refractivity contribution is 0.0955. The molecule has 4 aromatic rings. The van der Waals surface area contributed by atoms with Crippen molar-refractivity contribution in [2.24, 2.45) is 5.10 Å². The number of hydrazone groups is 1. The zero-order valence-electron chi connectivity index (χ0n) is 18.4. The lowest BCUT2D eigenvalue weighted by Crippen LogP contribution is -2.17. The van der Waals surface area contributed by atoms with Crippen molar-refractivity contribution in [3.63, 3.8) is 0 Å². The predicted octanol–water partition coefficient (Wildman–Crippen LogP) is 5.11. The normalized spacial score (nSPS) is 10.9. The number of amides is 1. The highest BCUT2D eigenvalue weighted by Gasteiger charge is 2.10. The van der Waals surface area contributed by atoms with E-state index in [2.05, 4.69) is 21.2 Å². The topological polar surface area (TPSA) is 79.4 Å². The van der Waals surface area contributed by atoms with Gasteiger partial charge in [-0.05, 0) is 48.4 Å². The zero-order valence-corrected chi connectivity index (χ0v) is 18.4. The molecule has 0 bridgehead atoms. The summed E-state index contributed by atoms with van der Waals surface area (Å²) in [6.07, 6.45) is 4.55. The molecule has 0 fully saturated rings. The van der Waals surface area contributed by atoms with Crippen LogP contribution in [0.3, 0.4) is 0 Å². The van der Waals surface area contributed by atoms with Gasteiger partial charge in [0, 0.05) is 34.8 Å². The molecule has 0 unspecified atom stereocenters. The van der Waals surface area contributed by atoms with Gasteiger partial charge in [0.05, 0.1) is 24.5 Å². The van der Waals surface area contributed by atoms with Crippen LogP contribution in [-0.2, 0) is 6.54 Å². The van der Waals surface area contributed by atoms with E-state index in [0.717, 1.165) is 34.2 Å². The molecule has 0 saturated carbocycles. The first-order valence-corrected chi connectivity index (χ1v) is 10.8. The van der Waals surface area contributed by atoms with E-state index < -0.39 is 0 Å². The molecule has 0 aliphatic rings. The number of ether oxygens (including phenoxy) is 1.